The fourth-order valence-corrected chi connectivity index (χ4v) is 1.47. The second kappa shape index (κ2) is 5.04. The van der Waals surface area contributed by atoms with Gasteiger partial charge in [0.25, 0.3) is 0 Å². The van der Waals surface area contributed by atoms with Crippen LogP contribution < -0.4 is 0 Å². The van der Waals surface area contributed by atoms with Crippen LogP contribution in [0.25, 0.3) is 0 Å². The molecule has 90 valence electrons. The highest BCUT2D eigenvalue weighted by atomic mass is 35.5. The lowest BCUT2D eigenvalue weighted by Gasteiger charge is -2.34. The summed E-state index contributed by atoms with van der Waals surface area (Å²) in [5, 5.41) is 19.5. The maximum atomic E-state index is 9.67. The number of benzene rings is 1. The highest BCUT2D eigenvalue weighted by molar-refractivity contribution is 6.30. The van der Waals surface area contributed by atoms with Crippen molar-refractivity contribution in [2.75, 3.05) is 13.7 Å². The number of nitrogens with zero attached hydrogens (tertiary/aromatic N) is 1. The van der Waals surface area contributed by atoms with Crippen LogP contribution in [-0.2, 0) is 6.54 Å². The Labute approximate surface area is 101 Å². The van der Waals surface area contributed by atoms with Crippen molar-refractivity contribution < 1.29 is 10.2 Å². The van der Waals surface area contributed by atoms with Crippen molar-refractivity contribution in [3.05, 3.63) is 28.8 Å². The van der Waals surface area contributed by atoms with E-state index in [4.69, 9.17) is 11.6 Å². The summed E-state index contributed by atoms with van der Waals surface area (Å²) in [4.78, 5) is 1.97. The first-order valence-electron chi connectivity index (χ1n) is 5.16. The van der Waals surface area contributed by atoms with Crippen LogP contribution in [0.5, 0.6) is 5.75 Å². The Hall–Kier alpha value is -0.770. The molecule has 0 spiro atoms. The molecule has 0 aliphatic rings. The maximum absolute atomic E-state index is 9.67. The summed E-state index contributed by atoms with van der Waals surface area (Å²) in [6.45, 7) is 4.48. The molecular formula is C12H18ClNO2. The number of hydrogen-bond donors (Lipinski definition) is 2. The van der Waals surface area contributed by atoms with Crippen LogP contribution in [0.15, 0.2) is 18.2 Å². The lowest BCUT2D eigenvalue weighted by Crippen LogP contribution is -2.43. The molecule has 0 aromatic heterocycles. The summed E-state index contributed by atoms with van der Waals surface area (Å²) < 4.78 is 0. The minimum absolute atomic E-state index is 0.0603. The SMILES string of the molecule is CN(Cc1cc(Cl)ccc1O)C(C)(C)CO. The zero-order chi connectivity index (χ0) is 12.3. The van der Waals surface area contributed by atoms with Crippen molar-refractivity contribution in [1.82, 2.24) is 4.90 Å². The lowest BCUT2D eigenvalue weighted by molar-refractivity contribution is 0.0728. The van der Waals surface area contributed by atoms with Gasteiger partial charge in [-0.05, 0) is 39.1 Å². The molecule has 0 unspecified atom stereocenters. The molecule has 0 radical (unpaired) electrons. The Morgan fingerprint density at radius 2 is 2.00 bits per heavy atom. The second-order valence-electron chi connectivity index (χ2n) is 4.60. The summed E-state index contributed by atoms with van der Waals surface area (Å²) in [5.74, 6) is 0.227. The molecule has 1 aromatic carbocycles. The smallest absolute Gasteiger partial charge is 0.120 e. The Morgan fingerprint density at radius 1 is 1.38 bits per heavy atom. The fourth-order valence-electron chi connectivity index (χ4n) is 1.27. The highest BCUT2D eigenvalue weighted by Gasteiger charge is 2.23. The van der Waals surface area contributed by atoms with E-state index >= 15 is 0 Å². The van der Waals surface area contributed by atoms with Gasteiger partial charge < -0.3 is 10.2 Å². The third kappa shape index (κ3) is 3.11. The van der Waals surface area contributed by atoms with Crippen LogP contribution in [0.2, 0.25) is 5.02 Å². The van der Waals surface area contributed by atoms with E-state index in [9.17, 15) is 10.2 Å². The third-order valence-corrected chi connectivity index (χ3v) is 3.10. The number of aliphatic hydroxyl groups excluding tert-OH is 1. The topological polar surface area (TPSA) is 43.7 Å². The van der Waals surface area contributed by atoms with Crippen LogP contribution in [-0.4, -0.2) is 34.3 Å². The number of halogens is 1. The van der Waals surface area contributed by atoms with Crippen molar-refractivity contribution in [1.29, 1.82) is 0 Å². The average molecular weight is 244 g/mol. The number of hydrogen-bond acceptors (Lipinski definition) is 3. The van der Waals surface area contributed by atoms with Gasteiger partial charge in [-0.2, -0.15) is 0 Å². The molecular weight excluding hydrogens is 226 g/mol. The largest absolute Gasteiger partial charge is 0.508 e. The van der Waals surface area contributed by atoms with Crippen molar-refractivity contribution in [2.45, 2.75) is 25.9 Å². The molecule has 16 heavy (non-hydrogen) atoms. The van der Waals surface area contributed by atoms with Gasteiger partial charge in [-0.25, -0.2) is 0 Å². The minimum atomic E-state index is -0.325. The summed E-state index contributed by atoms with van der Waals surface area (Å²) in [7, 11) is 1.90. The molecule has 0 saturated heterocycles. The van der Waals surface area contributed by atoms with Gasteiger partial charge >= 0.3 is 0 Å². The molecule has 0 heterocycles. The minimum Gasteiger partial charge on any atom is -0.508 e. The number of likely N-dealkylation sites (N-methyl/N-ethyl adjacent to an activating group) is 1. The van der Waals surface area contributed by atoms with Crippen LogP contribution in [0, 0.1) is 0 Å². The van der Waals surface area contributed by atoms with E-state index in [-0.39, 0.29) is 17.9 Å². The van der Waals surface area contributed by atoms with E-state index in [2.05, 4.69) is 0 Å². The van der Waals surface area contributed by atoms with Crippen molar-refractivity contribution in [3.8, 4) is 5.75 Å². The normalized spacial score (nSPS) is 12.1. The molecule has 0 amide bonds. The van der Waals surface area contributed by atoms with E-state index in [0.717, 1.165) is 5.56 Å². The Balaban J connectivity index is 2.84. The van der Waals surface area contributed by atoms with E-state index in [0.29, 0.717) is 11.6 Å². The summed E-state index contributed by atoms with van der Waals surface area (Å²) in [6, 6.07) is 4.97. The van der Waals surface area contributed by atoms with Gasteiger partial charge in [-0.3, -0.25) is 4.90 Å². The molecule has 3 nitrogen and oxygen atoms in total. The Bertz CT molecular complexity index is 366. The first-order chi connectivity index (χ1) is 7.36. The Kier molecular flexibility index (Phi) is 4.19. The number of aromatic hydroxyl groups is 1. The maximum Gasteiger partial charge on any atom is 0.120 e. The molecule has 0 saturated carbocycles. The molecule has 1 rings (SSSR count). The van der Waals surface area contributed by atoms with E-state index in [1.807, 2.05) is 25.8 Å². The predicted molar refractivity (Wildman–Crippen MR) is 65.7 cm³/mol. The van der Waals surface area contributed by atoms with Crippen LogP contribution in [0.1, 0.15) is 19.4 Å². The van der Waals surface area contributed by atoms with Crippen LogP contribution >= 0.6 is 11.6 Å². The number of rotatable bonds is 4. The summed E-state index contributed by atoms with van der Waals surface area (Å²) >= 11 is 5.87. The Morgan fingerprint density at radius 3 is 2.56 bits per heavy atom. The quantitative estimate of drug-likeness (QED) is 0.853. The monoisotopic (exact) mass is 243 g/mol. The molecule has 1 aromatic rings. The van der Waals surface area contributed by atoms with Gasteiger partial charge in [0.2, 0.25) is 0 Å². The summed E-state index contributed by atoms with van der Waals surface area (Å²) in [6.07, 6.45) is 0. The zero-order valence-corrected chi connectivity index (χ0v) is 10.6. The van der Waals surface area contributed by atoms with Gasteiger partial charge in [0, 0.05) is 22.7 Å². The zero-order valence-electron chi connectivity index (χ0n) is 9.87. The standard InChI is InChI=1S/C12H18ClNO2/c1-12(2,8-15)14(3)7-9-6-10(13)4-5-11(9)16/h4-6,15-16H,7-8H2,1-3H3. The van der Waals surface area contributed by atoms with Crippen molar-refractivity contribution >= 4 is 11.6 Å². The predicted octanol–water partition coefficient (Wildman–Crippen LogP) is 2.25. The molecule has 4 heteroatoms. The van der Waals surface area contributed by atoms with E-state index in [1.165, 1.54) is 0 Å². The molecule has 0 aliphatic heterocycles. The van der Waals surface area contributed by atoms with Gasteiger partial charge in [-0.15, -0.1) is 0 Å². The molecule has 0 fully saturated rings. The summed E-state index contributed by atoms with van der Waals surface area (Å²) in [5.41, 5.74) is 0.436. The molecule has 2 N–H and O–H groups in total. The van der Waals surface area contributed by atoms with E-state index in [1.54, 1.807) is 18.2 Å². The second-order valence-corrected chi connectivity index (χ2v) is 5.04. The van der Waals surface area contributed by atoms with Crippen molar-refractivity contribution in [3.63, 3.8) is 0 Å². The van der Waals surface area contributed by atoms with E-state index < -0.39 is 0 Å². The third-order valence-electron chi connectivity index (χ3n) is 2.87. The van der Waals surface area contributed by atoms with Gasteiger partial charge in [-0.1, -0.05) is 11.6 Å². The van der Waals surface area contributed by atoms with Gasteiger partial charge in [0.15, 0.2) is 0 Å². The number of aliphatic hydroxyl groups is 1. The van der Waals surface area contributed by atoms with Crippen LogP contribution in [0.4, 0.5) is 0 Å². The van der Waals surface area contributed by atoms with Crippen molar-refractivity contribution in [2.24, 2.45) is 0 Å². The average Bonchev–Trinajstić information content (AvgIpc) is 2.23. The van der Waals surface area contributed by atoms with Gasteiger partial charge in [0.1, 0.15) is 5.75 Å². The first kappa shape index (κ1) is 13.3. The first-order valence-corrected chi connectivity index (χ1v) is 5.54. The fraction of sp³-hybridized carbons (Fsp3) is 0.500. The molecule has 0 aliphatic carbocycles. The molecule has 0 atom stereocenters. The number of phenolic OH excluding ortho intramolecular Hbond substituents is 1. The molecule has 0 bridgehead atoms. The number of phenols is 1. The van der Waals surface area contributed by atoms with Crippen LogP contribution in [0.3, 0.4) is 0 Å². The highest BCUT2D eigenvalue weighted by Crippen LogP contribution is 2.24. The lowest BCUT2D eigenvalue weighted by atomic mass is 10.0. The van der Waals surface area contributed by atoms with Gasteiger partial charge in [0.05, 0.1) is 6.61 Å².